The number of aromatic nitrogens is 2. The summed E-state index contributed by atoms with van der Waals surface area (Å²) in [6.45, 7) is 2.17. The van der Waals surface area contributed by atoms with E-state index in [0.29, 0.717) is 33.0 Å². The number of hydrogen-bond donors (Lipinski definition) is 0. The normalized spacial score (nSPS) is 12.0. The van der Waals surface area contributed by atoms with Gasteiger partial charge in [-0.05, 0) is 65.7 Å². The predicted octanol–water partition coefficient (Wildman–Crippen LogP) is 8.25. The molecule has 1 amide bonds. The van der Waals surface area contributed by atoms with E-state index in [1.807, 2.05) is 97.9 Å². The number of para-hydroxylation sites is 1. The first-order chi connectivity index (χ1) is 19.9. The lowest BCUT2D eigenvalue weighted by Crippen LogP contribution is -2.37. The minimum atomic E-state index is -0.613. The van der Waals surface area contributed by atoms with Crippen LogP contribution in [-0.4, -0.2) is 20.4 Å². The molecule has 0 N–H and O–H groups in total. The highest BCUT2D eigenvalue weighted by Crippen LogP contribution is 2.30. The van der Waals surface area contributed by atoms with Crippen molar-refractivity contribution in [3.63, 3.8) is 0 Å². The van der Waals surface area contributed by atoms with Gasteiger partial charge < -0.3 is 4.90 Å². The van der Waals surface area contributed by atoms with Crippen LogP contribution in [0, 0.1) is 0 Å². The quantitative estimate of drug-likeness (QED) is 0.200. The summed E-state index contributed by atoms with van der Waals surface area (Å²) in [6, 6.07) is 35.0. The highest BCUT2D eigenvalue weighted by atomic mass is 35.5. The summed E-state index contributed by atoms with van der Waals surface area (Å²) in [5.74, 6) is 0.147. The molecule has 5 nitrogen and oxygen atoms in total. The standard InChI is InChI=1S/C34H25Cl2N3O2/c1-22(38(21-23-9-3-2-4-10-23)33(40)28-18-16-26(35)20-30(28)36)32-37-31-14-8-7-13-29(31)34(41)39(32)27-17-15-24-11-5-6-12-25(24)19-27/h2-20,22H,21H2,1H3. The molecule has 1 atom stereocenters. The molecule has 0 aliphatic heterocycles. The average Bonchev–Trinajstić information content (AvgIpc) is 2.99. The Morgan fingerprint density at radius 1 is 0.829 bits per heavy atom. The van der Waals surface area contributed by atoms with Gasteiger partial charge in [-0.25, -0.2) is 4.98 Å². The fourth-order valence-electron chi connectivity index (χ4n) is 5.12. The first-order valence-electron chi connectivity index (χ1n) is 13.2. The monoisotopic (exact) mass is 577 g/mol. The smallest absolute Gasteiger partial charge is 0.266 e. The third kappa shape index (κ3) is 5.22. The molecule has 0 saturated carbocycles. The first kappa shape index (κ1) is 26.8. The zero-order valence-electron chi connectivity index (χ0n) is 22.2. The van der Waals surface area contributed by atoms with Gasteiger partial charge in [0.2, 0.25) is 0 Å². The highest BCUT2D eigenvalue weighted by Gasteiger charge is 2.29. The zero-order valence-corrected chi connectivity index (χ0v) is 23.7. The maximum Gasteiger partial charge on any atom is 0.266 e. The van der Waals surface area contributed by atoms with E-state index in [1.165, 1.54) is 0 Å². The Hall–Kier alpha value is -4.45. The topological polar surface area (TPSA) is 55.2 Å². The molecule has 1 heterocycles. The highest BCUT2D eigenvalue weighted by molar-refractivity contribution is 6.36. The van der Waals surface area contributed by atoms with Crippen LogP contribution in [0.2, 0.25) is 10.0 Å². The molecule has 5 aromatic carbocycles. The minimum absolute atomic E-state index is 0.204. The lowest BCUT2D eigenvalue weighted by molar-refractivity contribution is 0.0664. The summed E-state index contributed by atoms with van der Waals surface area (Å²) in [6.07, 6.45) is 0. The molecule has 1 unspecified atom stereocenters. The van der Waals surface area contributed by atoms with Gasteiger partial charge in [0.1, 0.15) is 5.82 Å². The lowest BCUT2D eigenvalue weighted by Gasteiger charge is -2.31. The van der Waals surface area contributed by atoms with Crippen molar-refractivity contribution >= 4 is 50.8 Å². The second-order valence-corrected chi connectivity index (χ2v) is 10.7. The van der Waals surface area contributed by atoms with Crippen molar-refractivity contribution < 1.29 is 4.79 Å². The molecule has 7 heteroatoms. The van der Waals surface area contributed by atoms with Gasteiger partial charge in [0.25, 0.3) is 11.5 Å². The molecule has 0 bridgehead atoms. The second kappa shape index (κ2) is 11.2. The van der Waals surface area contributed by atoms with Crippen LogP contribution in [0.1, 0.15) is 34.7 Å². The van der Waals surface area contributed by atoms with Gasteiger partial charge >= 0.3 is 0 Å². The molecule has 0 fully saturated rings. The molecule has 0 saturated heterocycles. The third-order valence-corrected chi connectivity index (χ3v) is 7.80. The van der Waals surface area contributed by atoms with Crippen LogP contribution in [0.4, 0.5) is 0 Å². The number of rotatable bonds is 6. The maximum absolute atomic E-state index is 14.2. The van der Waals surface area contributed by atoms with Crippen molar-refractivity contribution in [2.45, 2.75) is 19.5 Å². The van der Waals surface area contributed by atoms with Crippen LogP contribution in [0.15, 0.2) is 120 Å². The number of halogens is 2. The molecule has 0 aliphatic carbocycles. The summed E-state index contributed by atoms with van der Waals surface area (Å²) >= 11 is 12.6. The lowest BCUT2D eigenvalue weighted by atomic mass is 10.1. The number of nitrogens with zero attached hydrogens (tertiary/aromatic N) is 3. The number of amides is 1. The van der Waals surface area contributed by atoms with Crippen molar-refractivity contribution in [2.75, 3.05) is 0 Å². The molecule has 6 aromatic rings. The van der Waals surface area contributed by atoms with Gasteiger partial charge in [0, 0.05) is 11.6 Å². The van der Waals surface area contributed by atoms with Crippen LogP contribution in [0.25, 0.3) is 27.4 Å². The van der Waals surface area contributed by atoms with E-state index in [0.717, 1.165) is 16.3 Å². The van der Waals surface area contributed by atoms with Crippen molar-refractivity contribution in [1.82, 2.24) is 14.5 Å². The number of carbonyl (C=O) groups is 1. The molecule has 0 radical (unpaired) electrons. The molecule has 202 valence electrons. The molecule has 1 aromatic heterocycles. The zero-order chi connectivity index (χ0) is 28.5. The Balaban J connectivity index is 1.56. The van der Waals surface area contributed by atoms with E-state index >= 15 is 0 Å². The summed E-state index contributed by atoms with van der Waals surface area (Å²) in [4.78, 5) is 34.9. The Bertz CT molecular complexity index is 1970. The van der Waals surface area contributed by atoms with Gasteiger partial charge in [0.15, 0.2) is 0 Å². The van der Waals surface area contributed by atoms with E-state index in [2.05, 4.69) is 0 Å². The van der Waals surface area contributed by atoms with E-state index in [1.54, 1.807) is 33.7 Å². The fourth-order valence-corrected chi connectivity index (χ4v) is 5.61. The van der Waals surface area contributed by atoms with Crippen molar-refractivity contribution in [3.05, 3.63) is 153 Å². The largest absolute Gasteiger partial charge is 0.324 e. The van der Waals surface area contributed by atoms with Crippen LogP contribution >= 0.6 is 23.2 Å². The summed E-state index contributed by atoms with van der Waals surface area (Å²) in [7, 11) is 0. The number of benzene rings is 5. The molecule has 41 heavy (non-hydrogen) atoms. The van der Waals surface area contributed by atoms with Gasteiger partial charge in [-0.1, -0.05) is 96.0 Å². The summed E-state index contributed by atoms with van der Waals surface area (Å²) < 4.78 is 1.62. The van der Waals surface area contributed by atoms with E-state index in [9.17, 15) is 9.59 Å². The number of fused-ring (bicyclic) bond motifs is 2. The minimum Gasteiger partial charge on any atom is -0.324 e. The molecular weight excluding hydrogens is 553 g/mol. The first-order valence-corrected chi connectivity index (χ1v) is 14.0. The van der Waals surface area contributed by atoms with Crippen LogP contribution in [0.3, 0.4) is 0 Å². The summed E-state index contributed by atoms with van der Waals surface area (Å²) in [5.41, 5.74) is 2.28. The number of carbonyl (C=O) groups excluding carboxylic acids is 1. The SMILES string of the molecule is CC(c1nc2ccccc2c(=O)n1-c1ccc2ccccc2c1)N(Cc1ccccc1)C(=O)c1ccc(Cl)cc1Cl. The fraction of sp³-hybridized carbons (Fsp3) is 0.0882. The van der Waals surface area contributed by atoms with Gasteiger partial charge in [-0.15, -0.1) is 0 Å². The van der Waals surface area contributed by atoms with Gasteiger partial charge in [-0.3, -0.25) is 14.2 Å². The predicted molar refractivity (Wildman–Crippen MR) is 166 cm³/mol. The van der Waals surface area contributed by atoms with Crippen molar-refractivity contribution in [2.24, 2.45) is 0 Å². The van der Waals surface area contributed by atoms with Gasteiger partial charge in [-0.2, -0.15) is 0 Å². The van der Waals surface area contributed by atoms with Crippen LogP contribution in [-0.2, 0) is 6.54 Å². The maximum atomic E-state index is 14.2. The van der Waals surface area contributed by atoms with Crippen molar-refractivity contribution in [3.8, 4) is 5.69 Å². The Labute approximate surface area is 247 Å². The van der Waals surface area contributed by atoms with Crippen molar-refractivity contribution in [1.29, 1.82) is 0 Å². The summed E-state index contributed by atoms with van der Waals surface area (Å²) in [5, 5.41) is 3.25. The van der Waals surface area contributed by atoms with Crippen LogP contribution in [0.5, 0.6) is 0 Å². The average molecular weight is 578 g/mol. The second-order valence-electron chi connectivity index (χ2n) is 9.88. The Morgan fingerprint density at radius 2 is 1.54 bits per heavy atom. The Kier molecular flexibility index (Phi) is 7.31. The molecular formula is C34H25Cl2N3O2. The van der Waals surface area contributed by atoms with E-state index < -0.39 is 6.04 Å². The van der Waals surface area contributed by atoms with Gasteiger partial charge in [0.05, 0.1) is 33.2 Å². The van der Waals surface area contributed by atoms with E-state index in [4.69, 9.17) is 28.2 Å². The third-order valence-electron chi connectivity index (χ3n) is 7.25. The molecule has 6 rings (SSSR count). The molecule has 0 aliphatic rings. The Morgan fingerprint density at radius 3 is 2.32 bits per heavy atom. The molecule has 0 spiro atoms. The van der Waals surface area contributed by atoms with E-state index in [-0.39, 0.29) is 23.0 Å². The van der Waals surface area contributed by atoms with Crippen LogP contribution < -0.4 is 5.56 Å². The number of hydrogen-bond acceptors (Lipinski definition) is 3.